The van der Waals surface area contributed by atoms with Gasteiger partial charge in [0.1, 0.15) is 0 Å². The minimum Gasteiger partial charge on any atom is -0.294 e. The third-order valence-corrected chi connectivity index (χ3v) is 6.14. The lowest BCUT2D eigenvalue weighted by Gasteiger charge is -2.34. The van der Waals surface area contributed by atoms with Gasteiger partial charge in [-0.05, 0) is 42.5 Å². The molecule has 0 aliphatic heterocycles. The average Bonchev–Trinajstić information content (AvgIpc) is 3.30. The average molecular weight is 513 g/mol. The second-order valence-corrected chi connectivity index (χ2v) is 8.43. The summed E-state index contributed by atoms with van der Waals surface area (Å²) in [6, 6.07) is 7.50. The molecule has 0 fully saturated rings. The van der Waals surface area contributed by atoms with E-state index in [0.717, 1.165) is 13.0 Å². The van der Waals surface area contributed by atoms with Gasteiger partial charge in [-0.25, -0.2) is 0 Å². The van der Waals surface area contributed by atoms with Gasteiger partial charge >= 0.3 is 12.4 Å². The molecule has 0 saturated carbocycles. The van der Waals surface area contributed by atoms with E-state index >= 15 is 0 Å². The molecular weight excluding hydrogens is 492 g/mol. The van der Waals surface area contributed by atoms with E-state index in [-0.39, 0.29) is 34.3 Å². The Hall–Kier alpha value is -3.70. The number of alkyl halides is 6. The van der Waals surface area contributed by atoms with E-state index in [1.807, 2.05) is 0 Å². The van der Waals surface area contributed by atoms with Gasteiger partial charge in [0.2, 0.25) is 0 Å². The predicted octanol–water partition coefficient (Wildman–Crippen LogP) is 6.43. The SMILES string of the molecule is CCc1cc(C(C)(n2cc(C(F)(F)F)cn2)C(F)(F)F)cc(C)c1CC(=O)c1cccc([N+](=O)[O-])c1. The number of nitro benzene ring substituents is 1. The van der Waals surface area contributed by atoms with Crippen molar-refractivity contribution in [3.63, 3.8) is 0 Å². The number of non-ortho nitro benzene ring substituents is 1. The van der Waals surface area contributed by atoms with Gasteiger partial charge < -0.3 is 0 Å². The highest BCUT2D eigenvalue weighted by molar-refractivity contribution is 5.98. The van der Waals surface area contributed by atoms with E-state index in [2.05, 4.69) is 5.10 Å². The van der Waals surface area contributed by atoms with Gasteiger partial charge in [0.25, 0.3) is 5.69 Å². The molecule has 1 atom stereocenters. The molecule has 0 spiro atoms. The van der Waals surface area contributed by atoms with Crippen molar-refractivity contribution in [3.05, 3.63) is 92.3 Å². The van der Waals surface area contributed by atoms with E-state index in [1.165, 1.54) is 37.3 Å². The maximum atomic E-state index is 14.3. The molecule has 0 radical (unpaired) electrons. The molecular formula is C24H21F6N3O3. The third-order valence-electron chi connectivity index (χ3n) is 6.14. The molecule has 0 N–H and O–H groups in total. The van der Waals surface area contributed by atoms with Crippen LogP contribution in [0.3, 0.4) is 0 Å². The Morgan fingerprint density at radius 3 is 2.28 bits per heavy atom. The van der Waals surface area contributed by atoms with E-state index in [0.29, 0.717) is 29.1 Å². The zero-order chi connectivity index (χ0) is 27.1. The first-order chi connectivity index (χ1) is 16.6. The number of nitrogens with zero attached hydrogens (tertiary/aromatic N) is 3. The van der Waals surface area contributed by atoms with Crippen LogP contribution >= 0.6 is 0 Å². The van der Waals surface area contributed by atoms with Crippen LogP contribution in [0.5, 0.6) is 0 Å². The summed E-state index contributed by atoms with van der Waals surface area (Å²) in [7, 11) is 0. The second-order valence-electron chi connectivity index (χ2n) is 8.43. The van der Waals surface area contributed by atoms with Crippen LogP contribution in [-0.4, -0.2) is 26.7 Å². The molecule has 0 aliphatic carbocycles. The molecule has 0 saturated heterocycles. The molecule has 3 rings (SSSR count). The van der Waals surface area contributed by atoms with E-state index in [1.54, 1.807) is 6.92 Å². The highest BCUT2D eigenvalue weighted by Crippen LogP contribution is 2.44. The molecule has 3 aromatic rings. The number of aromatic nitrogens is 2. The number of hydrogen-bond donors (Lipinski definition) is 0. The Morgan fingerprint density at radius 2 is 1.75 bits per heavy atom. The number of carbonyl (C=O) groups excluding carboxylic acids is 1. The van der Waals surface area contributed by atoms with Crippen LogP contribution in [0.2, 0.25) is 0 Å². The Bertz CT molecular complexity index is 1310. The van der Waals surface area contributed by atoms with Crippen molar-refractivity contribution in [2.45, 2.75) is 51.5 Å². The monoisotopic (exact) mass is 513 g/mol. The van der Waals surface area contributed by atoms with Gasteiger partial charge in [-0.2, -0.15) is 31.4 Å². The lowest BCUT2D eigenvalue weighted by molar-refractivity contribution is -0.384. The largest absolute Gasteiger partial charge is 0.419 e. The fraction of sp³-hybridized carbons (Fsp3) is 0.333. The van der Waals surface area contributed by atoms with Crippen LogP contribution in [0.4, 0.5) is 32.0 Å². The minimum atomic E-state index is -5.01. The first kappa shape index (κ1) is 26.9. The molecule has 1 aromatic heterocycles. The van der Waals surface area contributed by atoms with Crippen LogP contribution in [-0.2, 0) is 24.6 Å². The van der Waals surface area contributed by atoms with Crippen molar-refractivity contribution in [2.24, 2.45) is 0 Å². The number of aryl methyl sites for hydroxylation is 2. The first-order valence-corrected chi connectivity index (χ1v) is 10.7. The molecule has 0 aliphatic rings. The summed E-state index contributed by atoms with van der Waals surface area (Å²) < 4.78 is 82.4. The first-order valence-electron chi connectivity index (χ1n) is 10.7. The van der Waals surface area contributed by atoms with Crippen LogP contribution in [0.1, 0.15) is 52.0 Å². The van der Waals surface area contributed by atoms with Crippen molar-refractivity contribution in [3.8, 4) is 0 Å². The number of carbonyl (C=O) groups is 1. The summed E-state index contributed by atoms with van der Waals surface area (Å²) in [6.07, 6.45) is -9.23. The molecule has 12 heteroatoms. The summed E-state index contributed by atoms with van der Waals surface area (Å²) in [5, 5.41) is 14.4. The lowest BCUT2D eigenvalue weighted by Crippen LogP contribution is -2.46. The van der Waals surface area contributed by atoms with Gasteiger partial charge in [-0.1, -0.05) is 31.2 Å². The second kappa shape index (κ2) is 9.40. The number of hydrogen-bond acceptors (Lipinski definition) is 4. The predicted molar refractivity (Wildman–Crippen MR) is 118 cm³/mol. The summed E-state index contributed by atoms with van der Waals surface area (Å²) in [6.45, 7) is 3.91. The van der Waals surface area contributed by atoms with Gasteiger partial charge in [0.05, 0.1) is 16.7 Å². The van der Waals surface area contributed by atoms with E-state index < -0.39 is 34.2 Å². The highest BCUT2D eigenvalue weighted by Gasteiger charge is 2.55. The maximum absolute atomic E-state index is 14.3. The van der Waals surface area contributed by atoms with Gasteiger partial charge in [-0.15, -0.1) is 0 Å². The van der Waals surface area contributed by atoms with Crippen LogP contribution < -0.4 is 0 Å². The van der Waals surface area contributed by atoms with E-state index in [9.17, 15) is 41.3 Å². The summed E-state index contributed by atoms with van der Waals surface area (Å²) in [4.78, 5) is 23.2. The maximum Gasteiger partial charge on any atom is 0.419 e. The van der Waals surface area contributed by atoms with Crippen molar-refractivity contribution >= 4 is 11.5 Å². The Labute approximate surface area is 201 Å². The quantitative estimate of drug-likeness (QED) is 0.158. The van der Waals surface area contributed by atoms with Crippen LogP contribution in [0, 0.1) is 17.0 Å². The molecule has 1 heterocycles. The molecule has 0 amide bonds. The third kappa shape index (κ3) is 4.98. The number of Topliss-reactive ketones (excluding diaryl/α,β-unsaturated/α-hetero) is 1. The molecule has 1 unspecified atom stereocenters. The zero-order valence-electron chi connectivity index (χ0n) is 19.4. The molecule has 2 aromatic carbocycles. The summed E-state index contributed by atoms with van der Waals surface area (Å²) >= 11 is 0. The fourth-order valence-electron chi connectivity index (χ4n) is 3.93. The van der Waals surface area contributed by atoms with Crippen molar-refractivity contribution in [1.82, 2.24) is 9.78 Å². The minimum absolute atomic E-state index is 0.0751. The topological polar surface area (TPSA) is 78.0 Å². The molecule has 0 bridgehead atoms. The Morgan fingerprint density at radius 1 is 1.08 bits per heavy atom. The Kier molecular flexibility index (Phi) is 7.02. The smallest absolute Gasteiger partial charge is 0.294 e. The molecule has 36 heavy (non-hydrogen) atoms. The fourth-order valence-corrected chi connectivity index (χ4v) is 3.93. The van der Waals surface area contributed by atoms with Crippen molar-refractivity contribution in [1.29, 1.82) is 0 Å². The van der Waals surface area contributed by atoms with Crippen molar-refractivity contribution in [2.75, 3.05) is 0 Å². The van der Waals surface area contributed by atoms with E-state index in [4.69, 9.17) is 0 Å². The Balaban J connectivity index is 2.08. The van der Waals surface area contributed by atoms with Gasteiger partial charge in [0, 0.05) is 30.3 Å². The molecule has 6 nitrogen and oxygen atoms in total. The summed E-state index contributed by atoms with van der Waals surface area (Å²) in [5.41, 5.74) is -3.62. The van der Waals surface area contributed by atoms with Gasteiger partial charge in [0.15, 0.2) is 11.3 Å². The van der Waals surface area contributed by atoms with Gasteiger partial charge in [-0.3, -0.25) is 19.6 Å². The normalized spacial score (nSPS) is 13.9. The van der Waals surface area contributed by atoms with Crippen molar-refractivity contribution < 1.29 is 36.1 Å². The zero-order valence-corrected chi connectivity index (χ0v) is 19.4. The lowest BCUT2D eigenvalue weighted by atomic mass is 9.84. The number of halogens is 6. The summed E-state index contributed by atoms with van der Waals surface area (Å²) in [5.74, 6) is -0.468. The number of nitro groups is 1. The number of rotatable bonds is 7. The standard InChI is InChI=1S/C24H21F6N3O3/c1-4-15-9-17(22(3,24(28,29)30)32-13-18(12-31-32)23(25,26)27)8-14(2)20(15)11-21(34)16-6-5-7-19(10-16)33(35)36/h5-10,12-13H,4,11H2,1-3H3. The number of ketones is 1. The molecule has 192 valence electrons. The number of benzene rings is 2. The van der Waals surface area contributed by atoms with Crippen LogP contribution in [0.15, 0.2) is 48.8 Å². The van der Waals surface area contributed by atoms with Crippen LogP contribution in [0.25, 0.3) is 0 Å². The highest BCUT2D eigenvalue weighted by atomic mass is 19.4.